The van der Waals surface area contributed by atoms with Crippen molar-refractivity contribution in [3.8, 4) is 111 Å². The predicted octanol–water partition coefficient (Wildman–Crippen LogP) is 25.2. The maximum absolute atomic E-state index is 2.68. The van der Waals surface area contributed by atoms with Crippen LogP contribution in [-0.2, 0) is 10.8 Å². The molecule has 0 N–H and O–H groups in total. The van der Waals surface area contributed by atoms with Gasteiger partial charge in [-0.3, -0.25) is 0 Å². The molecule has 18 rings (SSSR count). The molecule has 0 saturated carbocycles. The molecule has 1 unspecified atom stereocenters. The number of hydrogen-bond acceptors (Lipinski definition) is 0. The van der Waals surface area contributed by atoms with Crippen molar-refractivity contribution < 1.29 is 0 Å². The molecule has 0 saturated heterocycles. The number of benzene rings is 15. The van der Waals surface area contributed by atoms with Crippen LogP contribution in [0.5, 0.6) is 0 Å². The molecule has 97 heavy (non-hydrogen) atoms. The predicted molar refractivity (Wildman–Crippen MR) is 407 cm³/mol. The van der Waals surface area contributed by atoms with Crippen molar-refractivity contribution in [1.82, 2.24) is 0 Å². The lowest BCUT2D eigenvalue weighted by atomic mass is 9.59. The average molecular weight is 1230 g/mol. The molecule has 0 heterocycles. The molecule has 0 fully saturated rings. The summed E-state index contributed by atoms with van der Waals surface area (Å²) in [5, 5.41) is 0. The van der Waals surface area contributed by atoms with E-state index in [0.29, 0.717) is 6.42 Å². The third kappa shape index (κ3) is 9.91. The highest BCUT2D eigenvalue weighted by atomic mass is 14.6. The van der Waals surface area contributed by atoms with Crippen LogP contribution in [-0.4, -0.2) is 0 Å². The second-order valence-electron chi connectivity index (χ2n) is 26.2. The molecule has 3 aliphatic carbocycles. The highest BCUT2D eigenvalue weighted by Gasteiger charge is 2.57. The second kappa shape index (κ2) is 24.0. The van der Waals surface area contributed by atoms with Crippen molar-refractivity contribution >= 4 is 11.1 Å². The summed E-state index contributed by atoms with van der Waals surface area (Å²) in [5.74, 6) is 0. The highest BCUT2D eigenvalue weighted by Crippen LogP contribution is 2.69. The van der Waals surface area contributed by atoms with E-state index in [4.69, 9.17) is 0 Å². The largest absolute Gasteiger partial charge is 0.0689 e. The van der Waals surface area contributed by atoms with Crippen molar-refractivity contribution in [1.29, 1.82) is 0 Å². The molecule has 0 amide bonds. The Balaban J connectivity index is 0.932. The topological polar surface area (TPSA) is 0 Å². The van der Waals surface area contributed by atoms with Gasteiger partial charge in [-0.25, -0.2) is 0 Å². The molecule has 0 nitrogen and oxygen atoms in total. The first-order valence-corrected chi connectivity index (χ1v) is 33.9. The molecule has 1 spiro atoms. The van der Waals surface area contributed by atoms with Gasteiger partial charge in [-0.2, -0.15) is 0 Å². The normalized spacial score (nSPS) is 14.7. The Morgan fingerprint density at radius 3 is 0.856 bits per heavy atom. The summed E-state index contributed by atoms with van der Waals surface area (Å²) in [4.78, 5) is 0. The van der Waals surface area contributed by atoms with Crippen molar-refractivity contribution in [3.05, 3.63) is 433 Å². The zero-order chi connectivity index (χ0) is 64.3. The van der Waals surface area contributed by atoms with Gasteiger partial charge in [0.05, 0.1) is 5.41 Å². The lowest BCUT2D eigenvalue weighted by Crippen LogP contribution is -2.35. The molecule has 15 aromatic carbocycles. The highest BCUT2D eigenvalue weighted by molar-refractivity contribution is 6.15. The van der Waals surface area contributed by atoms with Crippen molar-refractivity contribution in [2.75, 3.05) is 0 Å². The van der Waals surface area contributed by atoms with Gasteiger partial charge in [0, 0.05) is 5.41 Å². The Morgan fingerprint density at radius 1 is 0.196 bits per heavy atom. The molecule has 0 radical (unpaired) electrons. The average Bonchev–Trinajstić information content (AvgIpc) is 1.50. The number of fused-ring (bicyclic) bond motifs is 9. The minimum absolute atomic E-state index is 0.680. The van der Waals surface area contributed by atoms with Crippen molar-refractivity contribution in [2.24, 2.45) is 0 Å². The first-order valence-electron chi connectivity index (χ1n) is 33.9. The first kappa shape index (κ1) is 57.4. The summed E-state index contributed by atoms with van der Waals surface area (Å²) >= 11 is 0. The molecular weight excluding hydrogens is 1170 g/mol. The number of allylic oxidation sites excluding steroid dienone is 4. The van der Waals surface area contributed by atoms with Gasteiger partial charge in [-0.05, 0) is 185 Å². The van der Waals surface area contributed by atoms with Crippen LogP contribution >= 0.6 is 0 Å². The SMILES string of the molecule is C1=C(c2ccc(-c3ccccc3)cc2)C2=C(CC1(c1ccc(-c3ccccc3)cc1)c1ccc(-c3ccccc3)cc1)C1(c3cc(-c4ccc(-c5ccccc5)cc4)ccc32)c2cc(-c3ccc(-c4ccccc4)cc3)ccc2-c2c(-c3ccc(-c4ccccc4)cc3)cccc21. The Kier molecular flexibility index (Phi) is 14.2. The van der Waals surface area contributed by atoms with Crippen LogP contribution in [0.1, 0.15) is 45.4 Å². The lowest BCUT2D eigenvalue weighted by Gasteiger charge is -2.42. The summed E-state index contributed by atoms with van der Waals surface area (Å²) in [7, 11) is 0. The fourth-order valence-electron chi connectivity index (χ4n) is 16.2. The molecule has 0 aliphatic heterocycles. The van der Waals surface area contributed by atoms with E-state index in [-0.39, 0.29) is 0 Å². The van der Waals surface area contributed by atoms with E-state index in [9.17, 15) is 0 Å². The molecule has 0 heteroatoms. The minimum atomic E-state index is -0.794. The maximum atomic E-state index is 2.68. The Bertz CT molecular complexity index is 5380. The summed E-state index contributed by atoms with van der Waals surface area (Å²) in [6.45, 7) is 0. The summed E-state index contributed by atoms with van der Waals surface area (Å²) in [6, 6.07) is 143. The van der Waals surface area contributed by atoms with Crippen LogP contribution in [0, 0.1) is 0 Å². The monoisotopic (exact) mass is 1230 g/mol. The molecule has 1 atom stereocenters. The first-order chi connectivity index (χ1) is 48.0. The van der Waals surface area contributed by atoms with Gasteiger partial charge in [-0.1, -0.05) is 376 Å². The van der Waals surface area contributed by atoms with E-state index in [1.165, 1.54) is 167 Å². The van der Waals surface area contributed by atoms with Gasteiger partial charge in [0.25, 0.3) is 0 Å². The standard InChI is InChI=1S/C97H66/c1-7-20-66(21-8-1)72-34-38-78(39-35-72)82-54-60-87-91(62-82)97(90-33-19-32-86(94(87)90)80-46-42-74(43-47-80)68-24-11-3-12-25-68)92-63-83(79-40-36-73(37-41-79)67-22-9-2-10-23-67)55-61-88(92)95-89(81-48-44-75(45-49-81)69-26-13-4-14-27-69)64-96(65-93(95)97,84-56-50-76(51-57-84)70-28-15-5-16-29-70)85-58-52-77(53-59-85)71-30-17-6-18-31-71/h1-64H,65H2. The van der Waals surface area contributed by atoms with Crippen LogP contribution in [0.4, 0.5) is 0 Å². The van der Waals surface area contributed by atoms with E-state index in [2.05, 4.69) is 388 Å². The van der Waals surface area contributed by atoms with E-state index in [1.54, 1.807) is 0 Å². The molecule has 3 aliphatic rings. The van der Waals surface area contributed by atoms with Crippen LogP contribution in [0.25, 0.3) is 122 Å². The molecule has 15 aromatic rings. The minimum Gasteiger partial charge on any atom is -0.0622 e. The second-order valence-corrected chi connectivity index (χ2v) is 26.2. The molecule has 454 valence electrons. The van der Waals surface area contributed by atoms with Gasteiger partial charge in [0.2, 0.25) is 0 Å². The summed E-state index contributed by atoms with van der Waals surface area (Å²) in [6.07, 6.45) is 3.38. The van der Waals surface area contributed by atoms with Crippen LogP contribution in [0.3, 0.4) is 0 Å². The molecule has 0 bridgehead atoms. The Labute approximate surface area is 568 Å². The van der Waals surface area contributed by atoms with Gasteiger partial charge in [-0.15, -0.1) is 0 Å². The van der Waals surface area contributed by atoms with Crippen LogP contribution in [0.15, 0.2) is 394 Å². The quantitative estimate of drug-likeness (QED) is 0.114. The zero-order valence-corrected chi connectivity index (χ0v) is 53.7. The third-order valence-corrected chi connectivity index (χ3v) is 21.0. The summed E-state index contributed by atoms with van der Waals surface area (Å²) in [5.41, 5.74) is 35.4. The van der Waals surface area contributed by atoms with Gasteiger partial charge in [0.1, 0.15) is 0 Å². The smallest absolute Gasteiger partial charge is 0.0622 e. The summed E-state index contributed by atoms with van der Waals surface area (Å²) < 4.78 is 0. The maximum Gasteiger partial charge on any atom is 0.0689 e. The van der Waals surface area contributed by atoms with Gasteiger partial charge < -0.3 is 0 Å². The molecule has 0 aromatic heterocycles. The van der Waals surface area contributed by atoms with Crippen LogP contribution in [0.2, 0.25) is 0 Å². The van der Waals surface area contributed by atoms with Gasteiger partial charge >= 0.3 is 0 Å². The zero-order valence-electron chi connectivity index (χ0n) is 53.7. The van der Waals surface area contributed by atoms with Crippen LogP contribution < -0.4 is 0 Å². The number of hydrogen-bond donors (Lipinski definition) is 0. The lowest BCUT2D eigenvalue weighted by molar-refractivity contribution is 0.582. The number of rotatable bonds is 12. The van der Waals surface area contributed by atoms with E-state index >= 15 is 0 Å². The third-order valence-electron chi connectivity index (χ3n) is 21.0. The van der Waals surface area contributed by atoms with E-state index in [0.717, 1.165) is 0 Å². The van der Waals surface area contributed by atoms with Gasteiger partial charge in [0.15, 0.2) is 0 Å². The fourth-order valence-corrected chi connectivity index (χ4v) is 16.2. The van der Waals surface area contributed by atoms with Crippen molar-refractivity contribution in [3.63, 3.8) is 0 Å². The van der Waals surface area contributed by atoms with Crippen molar-refractivity contribution in [2.45, 2.75) is 17.3 Å². The Hall–Kier alpha value is -12.2. The Morgan fingerprint density at radius 2 is 0.485 bits per heavy atom. The fraction of sp³-hybridized carbons (Fsp3) is 0.0309. The van der Waals surface area contributed by atoms with E-state index in [1.807, 2.05) is 0 Å². The van der Waals surface area contributed by atoms with E-state index < -0.39 is 10.8 Å². The molecular formula is C97H66.